The Hall–Kier alpha value is -2.34. The molecular weight excluding hydrogens is 310 g/mol. The van der Waals surface area contributed by atoms with Crippen LogP contribution in [0.2, 0.25) is 0 Å². The first kappa shape index (κ1) is 15.6. The van der Waals surface area contributed by atoms with Crippen LogP contribution in [-0.4, -0.2) is 25.6 Å². The molecule has 0 atom stereocenters. The number of fused-ring (bicyclic) bond motifs is 1. The number of thioether (sulfide) groups is 1. The minimum absolute atomic E-state index is 0.270. The smallest absolute Gasteiger partial charge is 0.335 e. The monoisotopic (exact) mass is 327 g/mol. The number of carbonyl (C=O) groups is 1. The van der Waals surface area contributed by atoms with Crippen LogP contribution in [0.1, 0.15) is 35.8 Å². The maximum atomic E-state index is 10.9. The predicted octanol–water partition coefficient (Wildman–Crippen LogP) is 4.00. The van der Waals surface area contributed by atoms with Gasteiger partial charge in [0, 0.05) is 18.0 Å². The summed E-state index contributed by atoms with van der Waals surface area (Å²) in [6.45, 7) is 4.23. The van der Waals surface area contributed by atoms with Crippen LogP contribution < -0.4 is 0 Å². The summed E-state index contributed by atoms with van der Waals surface area (Å²) in [6, 6.07) is 11.1. The quantitative estimate of drug-likeness (QED) is 0.717. The van der Waals surface area contributed by atoms with Crippen molar-refractivity contribution in [2.45, 2.75) is 30.8 Å². The molecule has 0 aliphatic carbocycles. The second-order valence-corrected chi connectivity index (χ2v) is 6.44. The highest BCUT2D eigenvalue weighted by atomic mass is 32.2. The van der Waals surface area contributed by atoms with Gasteiger partial charge in [-0.2, -0.15) is 0 Å². The summed E-state index contributed by atoms with van der Waals surface area (Å²) in [5.74, 6) is -0.174. The van der Waals surface area contributed by atoms with E-state index in [-0.39, 0.29) is 6.04 Å². The molecule has 0 aliphatic rings. The van der Waals surface area contributed by atoms with Gasteiger partial charge < -0.3 is 9.67 Å². The number of hydrogen-bond acceptors (Lipinski definition) is 4. The van der Waals surface area contributed by atoms with Crippen LogP contribution >= 0.6 is 11.8 Å². The molecule has 0 fully saturated rings. The summed E-state index contributed by atoms with van der Waals surface area (Å²) >= 11 is 1.63. The number of carboxylic acids is 1. The lowest BCUT2D eigenvalue weighted by Gasteiger charge is -2.11. The van der Waals surface area contributed by atoms with Gasteiger partial charge in [0.1, 0.15) is 5.52 Å². The molecule has 118 valence electrons. The first-order valence-corrected chi connectivity index (χ1v) is 8.33. The first-order chi connectivity index (χ1) is 11.1. The lowest BCUT2D eigenvalue weighted by Crippen LogP contribution is -2.03. The van der Waals surface area contributed by atoms with E-state index >= 15 is 0 Å². The normalized spacial score (nSPS) is 11.3. The fourth-order valence-corrected chi connectivity index (χ4v) is 3.46. The van der Waals surface area contributed by atoms with E-state index in [2.05, 4.69) is 28.4 Å². The van der Waals surface area contributed by atoms with Crippen LogP contribution in [-0.2, 0) is 5.75 Å². The third-order valence-electron chi connectivity index (χ3n) is 3.50. The number of aromatic carboxylic acids is 1. The zero-order valence-corrected chi connectivity index (χ0v) is 13.7. The number of pyridine rings is 1. The van der Waals surface area contributed by atoms with Crippen LogP contribution in [0.15, 0.2) is 47.8 Å². The van der Waals surface area contributed by atoms with Crippen molar-refractivity contribution in [3.63, 3.8) is 0 Å². The van der Waals surface area contributed by atoms with Crippen LogP contribution in [0.5, 0.6) is 0 Å². The Morgan fingerprint density at radius 1 is 1.26 bits per heavy atom. The van der Waals surface area contributed by atoms with E-state index in [1.165, 1.54) is 0 Å². The molecule has 0 unspecified atom stereocenters. The zero-order valence-electron chi connectivity index (χ0n) is 12.9. The molecule has 23 heavy (non-hydrogen) atoms. The summed E-state index contributed by atoms with van der Waals surface area (Å²) in [4.78, 5) is 20.0. The topological polar surface area (TPSA) is 68.0 Å². The van der Waals surface area contributed by atoms with E-state index < -0.39 is 5.97 Å². The van der Waals surface area contributed by atoms with E-state index in [9.17, 15) is 4.79 Å². The molecule has 0 amide bonds. The van der Waals surface area contributed by atoms with Gasteiger partial charge in [0.15, 0.2) is 10.8 Å². The van der Waals surface area contributed by atoms with E-state index in [1.807, 2.05) is 24.3 Å². The molecule has 1 N–H and O–H groups in total. The number of benzene rings is 1. The molecule has 0 radical (unpaired) electrons. The average molecular weight is 327 g/mol. The standard InChI is InChI=1S/C17H17N3O2S/c1-11(2)20-15-14(4-3-9-18-15)19-17(20)23-10-12-5-7-13(8-6-12)16(21)22/h3-9,11H,10H2,1-2H3,(H,21,22). The average Bonchev–Trinajstić information content (AvgIpc) is 2.91. The molecule has 2 heterocycles. The second-order valence-electron chi connectivity index (χ2n) is 5.50. The Morgan fingerprint density at radius 3 is 2.65 bits per heavy atom. The van der Waals surface area contributed by atoms with Crippen molar-refractivity contribution < 1.29 is 9.90 Å². The van der Waals surface area contributed by atoms with Crippen LogP contribution in [0.25, 0.3) is 11.2 Å². The highest BCUT2D eigenvalue weighted by Crippen LogP contribution is 2.28. The fourth-order valence-electron chi connectivity index (χ4n) is 2.37. The van der Waals surface area contributed by atoms with Gasteiger partial charge in [-0.1, -0.05) is 23.9 Å². The summed E-state index contributed by atoms with van der Waals surface area (Å²) in [7, 11) is 0. The highest BCUT2D eigenvalue weighted by Gasteiger charge is 2.14. The van der Waals surface area contributed by atoms with E-state index in [4.69, 9.17) is 5.11 Å². The SMILES string of the molecule is CC(C)n1c(SCc2ccc(C(=O)O)cc2)nc2cccnc21. The van der Waals surface area contributed by atoms with Gasteiger partial charge in [0.05, 0.1) is 5.56 Å². The number of rotatable bonds is 5. The molecule has 0 saturated heterocycles. The van der Waals surface area contributed by atoms with Crippen molar-refractivity contribution in [2.75, 3.05) is 0 Å². The van der Waals surface area contributed by atoms with Gasteiger partial charge in [-0.3, -0.25) is 0 Å². The Labute approximate surface area is 138 Å². The van der Waals surface area contributed by atoms with Crippen LogP contribution in [0, 0.1) is 0 Å². The summed E-state index contributed by atoms with van der Waals surface area (Å²) < 4.78 is 2.13. The van der Waals surface area contributed by atoms with Crippen molar-refractivity contribution in [3.8, 4) is 0 Å². The van der Waals surface area contributed by atoms with E-state index in [0.717, 1.165) is 27.6 Å². The third kappa shape index (κ3) is 3.22. The molecule has 1 aromatic carbocycles. The Kier molecular flexibility index (Phi) is 4.34. The molecule has 0 spiro atoms. The molecule has 0 bridgehead atoms. The maximum absolute atomic E-state index is 10.9. The second kappa shape index (κ2) is 6.42. The lowest BCUT2D eigenvalue weighted by molar-refractivity contribution is 0.0697. The van der Waals surface area contributed by atoms with Gasteiger partial charge in [-0.15, -0.1) is 0 Å². The number of nitrogens with zero attached hydrogens (tertiary/aromatic N) is 3. The van der Waals surface area contributed by atoms with Gasteiger partial charge in [0.2, 0.25) is 0 Å². The number of carboxylic acid groups (broad SMARTS) is 1. The molecule has 3 aromatic rings. The third-order valence-corrected chi connectivity index (χ3v) is 4.53. The molecule has 0 aliphatic heterocycles. The molecule has 5 nitrogen and oxygen atoms in total. The van der Waals surface area contributed by atoms with Crippen molar-refractivity contribution in [1.82, 2.24) is 14.5 Å². The predicted molar refractivity (Wildman–Crippen MR) is 90.9 cm³/mol. The van der Waals surface area contributed by atoms with Gasteiger partial charge in [0.25, 0.3) is 0 Å². The van der Waals surface area contributed by atoms with Gasteiger partial charge >= 0.3 is 5.97 Å². The van der Waals surface area contributed by atoms with Crippen LogP contribution in [0.4, 0.5) is 0 Å². The van der Waals surface area contributed by atoms with E-state index in [1.54, 1.807) is 30.1 Å². The molecule has 0 saturated carbocycles. The van der Waals surface area contributed by atoms with Crippen molar-refractivity contribution in [1.29, 1.82) is 0 Å². The van der Waals surface area contributed by atoms with Gasteiger partial charge in [-0.25, -0.2) is 14.8 Å². The minimum atomic E-state index is -0.906. The van der Waals surface area contributed by atoms with Gasteiger partial charge in [-0.05, 0) is 43.7 Å². The number of imidazole rings is 1. The minimum Gasteiger partial charge on any atom is -0.478 e. The largest absolute Gasteiger partial charge is 0.478 e. The summed E-state index contributed by atoms with van der Waals surface area (Å²) in [5.41, 5.74) is 3.16. The number of aromatic nitrogens is 3. The van der Waals surface area contributed by atoms with Crippen molar-refractivity contribution in [2.24, 2.45) is 0 Å². The zero-order chi connectivity index (χ0) is 16.4. The number of hydrogen-bond donors (Lipinski definition) is 1. The Balaban J connectivity index is 1.84. The Morgan fingerprint density at radius 2 is 2.00 bits per heavy atom. The molecular formula is C17H17N3O2S. The van der Waals surface area contributed by atoms with Crippen LogP contribution in [0.3, 0.4) is 0 Å². The maximum Gasteiger partial charge on any atom is 0.335 e. The highest BCUT2D eigenvalue weighted by molar-refractivity contribution is 7.98. The van der Waals surface area contributed by atoms with Crippen molar-refractivity contribution in [3.05, 3.63) is 53.7 Å². The first-order valence-electron chi connectivity index (χ1n) is 7.34. The molecule has 2 aromatic heterocycles. The van der Waals surface area contributed by atoms with Crippen molar-refractivity contribution >= 4 is 28.9 Å². The summed E-state index contributed by atoms with van der Waals surface area (Å²) in [5, 5.41) is 9.86. The summed E-state index contributed by atoms with van der Waals surface area (Å²) in [6.07, 6.45) is 1.78. The molecule has 3 rings (SSSR count). The fraction of sp³-hybridized carbons (Fsp3) is 0.235. The molecule has 6 heteroatoms. The Bertz CT molecular complexity index is 841. The lowest BCUT2D eigenvalue weighted by atomic mass is 10.1. The van der Waals surface area contributed by atoms with E-state index in [0.29, 0.717) is 5.56 Å².